The summed E-state index contributed by atoms with van der Waals surface area (Å²) < 4.78 is 6.02. The van der Waals surface area contributed by atoms with E-state index in [0.717, 1.165) is 10.0 Å². The van der Waals surface area contributed by atoms with Crippen molar-refractivity contribution in [3.63, 3.8) is 0 Å². The van der Waals surface area contributed by atoms with Crippen LogP contribution >= 0.6 is 15.9 Å². The van der Waals surface area contributed by atoms with Crippen LogP contribution in [0.2, 0.25) is 0 Å². The van der Waals surface area contributed by atoms with Gasteiger partial charge in [-0.2, -0.15) is 0 Å². The molecule has 26 heavy (non-hydrogen) atoms. The van der Waals surface area contributed by atoms with Gasteiger partial charge in [0.05, 0.1) is 11.9 Å². The van der Waals surface area contributed by atoms with Gasteiger partial charge in [0.15, 0.2) is 0 Å². The van der Waals surface area contributed by atoms with Crippen molar-refractivity contribution >= 4 is 33.6 Å². The van der Waals surface area contributed by atoms with E-state index in [0.29, 0.717) is 12.1 Å². The lowest BCUT2D eigenvalue weighted by atomic mass is 10.1. The molecule has 138 valence electrons. The number of ether oxygens (including phenoxy) is 1. The average molecular weight is 420 g/mol. The largest absolute Gasteiger partial charge is 0.444 e. The minimum atomic E-state index is -0.786. The molecule has 2 rings (SSSR count). The summed E-state index contributed by atoms with van der Waals surface area (Å²) in [4.78, 5) is 28.9. The van der Waals surface area contributed by atoms with Crippen LogP contribution < -0.4 is 10.6 Å². The fourth-order valence-corrected chi connectivity index (χ4v) is 2.58. The van der Waals surface area contributed by atoms with Crippen molar-refractivity contribution < 1.29 is 14.3 Å². The smallest absolute Gasteiger partial charge is 0.408 e. The number of pyridine rings is 1. The van der Waals surface area contributed by atoms with E-state index in [4.69, 9.17) is 4.74 Å². The molecule has 6 nitrogen and oxygen atoms in total. The number of amides is 2. The predicted octanol–water partition coefficient (Wildman–Crippen LogP) is 3.92. The molecule has 0 aliphatic carbocycles. The quantitative estimate of drug-likeness (QED) is 0.769. The van der Waals surface area contributed by atoms with Gasteiger partial charge in [0.25, 0.3) is 0 Å². The maximum atomic E-state index is 12.7. The number of hydrogen-bond acceptors (Lipinski definition) is 4. The molecule has 0 saturated carbocycles. The molecular formula is C19H22BrN3O3. The molecule has 0 aliphatic heterocycles. The molecule has 1 heterocycles. The van der Waals surface area contributed by atoms with Crippen molar-refractivity contribution in [3.05, 3.63) is 58.8 Å². The molecule has 0 saturated heterocycles. The van der Waals surface area contributed by atoms with Crippen LogP contribution in [-0.2, 0) is 16.0 Å². The number of benzene rings is 1. The van der Waals surface area contributed by atoms with Gasteiger partial charge in [-0.1, -0.05) is 30.3 Å². The van der Waals surface area contributed by atoms with Crippen LogP contribution in [0.4, 0.5) is 10.5 Å². The highest BCUT2D eigenvalue weighted by atomic mass is 79.9. The Kier molecular flexibility index (Phi) is 6.74. The zero-order valence-corrected chi connectivity index (χ0v) is 16.5. The number of anilines is 1. The monoisotopic (exact) mass is 419 g/mol. The molecule has 1 aromatic heterocycles. The molecular weight excluding hydrogens is 398 g/mol. The number of halogens is 1. The third-order valence-corrected chi connectivity index (χ3v) is 3.70. The highest BCUT2D eigenvalue weighted by Gasteiger charge is 2.25. The first-order chi connectivity index (χ1) is 12.2. The second-order valence-electron chi connectivity index (χ2n) is 6.77. The maximum absolute atomic E-state index is 12.7. The van der Waals surface area contributed by atoms with Crippen molar-refractivity contribution in [2.45, 2.75) is 38.8 Å². The van der Waals surface area contributed by atoms with Crippen molar-refractivity contribution in [1.82, 2.24) is 10.3 Å². The second kappa shape index (κ2) is 8.80. The summed E-state index contributed by atoms with van der Waals surface area (Å²) in [6.07, 6.45) is 2.86. The number of nitrogens with zero attached hydrogens (tertiary/aromatic N) is 1. The summed E-state index contributed by atoms with van der Waals surface area (Å²) in [5.41, 5.74) is 0.816. The van der Waals surface area contributed by atoms with E-state index in [1.54, 1.807) is 33.0 Å². The first kappa shape index (κ1) is 19.9. The van der Waals surface area contributed by atoms with E-state index < -0.39 is 17.7 Å². The van der Waals surface area contributed by atoms with Crippen LogP contribution in [0.25, 0.3) is 0 Å². The minimum absolute atomic E-state index is 0.341. The van der Waals surface area contributed by atoms with Gasteiger partial charge in [-0.3, -0.25) is 9.78 Å². The number of carbonyl (C=O) groups is 2. The predicted molar refractivity (Wildman–Crippen MR) is 104 cm³/mol. The lowest BCUT2D eigenvalue weighted by molar-refractivity contribution is -0.118. The Bertz CT molecular complexity index is 760. The Morgan fingerprint density at radius 3 is 2.50 bits per heavy atom. The van der Waals surface area contributed by atoms with Crippen LogP contribution in [-0.4, -0.2) is 28.6 Å². The number of hydrogen-bond donors (Lipinski definition) is 2. The molecule has 1 aromatic carbocycles. The van der Waals surface area contributed by atoms with Crippen LogP contribution in [0.3, 0.4) is 0 Å². The Morgan fingerprint density at radius 1 is 1.19 bits per heavy atom. The number of alkyl carbamates (subject to hydrolysis) is 1. The Labute approximate surface area is 161 Å². The fourth-order valence-electron chi connectivity index (χ4n) is 2.22. The van der Waals surface area contributed by atoms with Gasteiger partial charge in [0, 0.05) is 17.1 Å². The zero-order valence-electron chi connectivity index (χ0n) is 15.0. The molecule has 0 spiro atoms. The molecule has 0 bridgehead atoms. The zero-order chi connectivity index (χ0) is 19.2. The average Bonchev–Trinajstić information content (AvgIpc) is 2.53. The van der Waals surface area contributed by atoms with Crippen molar-refractivity contribution in [2.24, 2.45) is 0 Å². The first-order valence-corrected chi connectivity index (χ1v) is 8.97. The summed E-state index contributed by atoms with van der Waals surface area (Å²) in [5, 5.41) is 5.42. The van der Waals surface area contributed by atoms with Gasteiger partial charge in [0.2, 0.25) is 5.91 Å². The van der Waals surface area contributed by atoms with Crippen molar-refractivity contribution in [2.75, 3.05) is 5.32 Å². The molecule has 0 fully saturated rings. The van der Waals surface area contributed by atoms with Gasteiger partial charge in [-0.15, -0.1) is 0 Å². The molecule has 7 heteroatoms. The molecule has 2 aromatic rings. The van der Waals surface area contributed by atoms with E-state index in [-0.39, 0.29) is 5.91 Å². The van der Waals surface area contributed by atoms with E-state index in [1.807, 2.05) is 30.3 Å². The third kappa shape index (κ3) is 6.84. The van der Waals surface area contributed by atoms with Crippen LogP contribution in [0.1, 0.15) is 26.3 Å². The third-order valence-electron chi connectivity index (χ3n) is 3.26. The number of rotatable bonds is 5. The lowest BCUT2D eigenvalue weighted by Crippen LogP contribution is -2.47. The Balaban J connectivity index is 2.13. The lowest BCUT2D eigenvalue weighted by Gasteiger charge is -2.23. The second-order valence-corrected chi connectivity index (χ2v) is 7.69. The Hall–Kier alpha value is -2.41. The van der Waals surface area contributed by atoms with Gasteiger partial charge in [-0.05, 0) is 48.3 Å². The summed E-state index contributed by atoms with van der Waals surface area (Å²) in [5.74, 6) is -0.348. The molecule has 0 radical (unpaired) electrons. The number of nitrogens with one attached hydrogen (secondary N) is 2. The first-order valence-electron chi connectivity index (χ1n) is 8.18. The standard InChI is InChI=1S/C19H22BrN3O3/c1-19(2,3)26-18(25)23-16(9-13-7-5-4-6-8-13)17(24)22-15-10-14(20)11-21-12-15/h4-8,10-12,16H,9H2,1-3H3,(H,22,24)(H,23,25). The van der Waals surface area contributed by atoms with E-state index in [9.17, 15) is 9.59 Å². The van der Waals surface area contributed by atoms with Crippen molar-refractivity contribution in [1.29, 1.82) is 0 Å². The number of aromatic nitrogens is 1. The Morgan fingerprint density at radius 2 is 1.88 bits per heavy atom. The van der Waals surface area contributed by atoms with Gasteiger partial charge >= 0.3 is 6.09 Å². The summed E-state index contributed by atoms with van der Waals surface area (Å²) in [6.45, 7) is 5.31. The van der Waals surface area contributed by atoms with E-state index in [2.05, 4.69) is 31.5 Å². The summed E-state index contributed by atoms with van der Waals surface area (Å²) in [6, 6.07) is 10.4. The topological polar surface area (TPSA) is 80.3 Å². The fraction of sp³-hybridized carbons (Fsp3) is 0.316. The maximum Gasteiger partial charge on any atom is 0.408 e. The number of carbonyl (C=O) groups excluding carboxylic acids is 2. The summed E-state index contributed by atoms with van der Waals surface area (Å²) in [7, 11) is 0. The molecule has 0 aliphatic rings. The van der Waals surface area contributed by atoms with Crippen molar-refractivity contribution in [3.8, 4) is 0 Å². The molecule has 1 atom stereocenters. The summed E-state index contributed by atoms with van der Waals surface area (Å²) >= 11 is 3.31. The SMILES string of the molecule is CC(C)(C)OC(=O)NC(Cc1ccccc1)C(=O)Nc1cncc(Br)c1. The van der Waals surface area contributed by atoms with Crippen LogP contribution in [0.5, 0.6) is 0 Å². The van der Waals surface area contributed by atoms with Crippen LogP contribution in [0, 0.1) is 0 Å². The normalized spacial score (nSPS) is 12.2. The molecule has 2 N–H and O–H groups in total. The molecule has 1 unspecified atom stereocenters. The van der Waals surface area contributed by atoms with Gasteiger partial charge < -0.3 is 15.4 Å². The minimum Gasteiger partial charge on any atom is -0.444 e. The van der Waals surface area contributed by atoms with Gasteiger partial charge in [-0.25, -0.2) is 4.79 Å². The van der Waals surface area contributed by atoms with E-state index >= 15 is 0 Å². The highest BCUT2D eigenvalue weighted by Crippen LogP contribution is 2.15. The van der Waals surface area contributed by atoms with Gasteiger partial charge in [0.1, 0.15) is 11.6 Å². The highest BCUT2D eigenvalue weighted by molar-refractivity contribution is 9.10. The molecule has 2 amide bonds. The van der Waals surface area contributed by atoms with Crippen LogP contribution in [0.15, 0.2) is 53.3 Å². The van der Waals surface area contributed by atoms with E-state index in [1.165, 1.54) is 6.20 Å².